The third-order valence-corrected chi connectivity index (χ3v) is 3.53. The quantitative estimate of drug-likeness (QED) is 0.900. The van der Waals surface area contributed by atoms with Gasteiger partial charge in [-0.05, 0) is 25.0 Å². The average molecular weight is 326 g/mol. The molecule has 2 rings (SSSR count). The molecule has 0 atom stereocenters. The lowest BCUT2D eigenvalue weighted by Crippen LogP contribution is -2.14. The van der Waals surface area contributed by atoms with Crippen LogP contribution in [0.1, 0.15) is 47.6 Å². The Labute approximate surface area is 131 Å². The topological polar surface area (TPSA) is 55.1 Å². The van der Waals surface area contributed by atoms with E-state index in [1.165, 1.54) is 18.2 Å². The van der Waals surface area contributed by atoms with Crippen LogP contribution in [-0.4, -0.2) is 20.9 Å². The third kappa shape index (κ3) is 3.23. The van der Waals surface area contributed by atoms with Gasteiger partial charge in [0.05, 0.1) is 22.6 Å². The zero-order chi connectivity index (χ0) is 17.2. The summed E-state index contributed by atoms with van der Waals surface area (Å²) in [5, 5.41) is 13.6. The number of carbonyl (C=O) groups is 1. The molecule has 0 spiro atoms. The van der Waals surface area contributed by atoms with E-state index in [0.29, 0.717) is 25.0 Å². The number of nitrogens with zero attached hydrogens (tertiary/aromatic N) is 2. The van der Waals surface area contributed by atoms with E-state index in [4.69, 9.17) is 0 Å². The number of hydrogen-bond donors (Lipinski definition) is 1. The summed E-state index contributed by atoms with van der Waals surface area (Å²) in [6.07, 6.45) is -3.27. The molecule has 23 heavy (non-hydrogen) atoms. The first-order valence-corrected chi connectivity index (χ1v) is 7.31. The van der Waals surface area contributed by atoms with Crippen LogP contribution in [0.3, 0.4) is 0 Å². The van der Waals surface area contributed by atoms with Crippen molar-refractivity contribution in [1.29, 1.82) is 0 Å². The van der Waals surface area contributed by atoms with Crippen LogP contribution in [0.5, 0.6) is 0 Å². The molecule has 7 heteroatoms. The van der Waals surface area contributed by atoms with E-state index in [0.717, 1.165) is 10.7 Å². The largest absolute Gasteiger partial charge is 0.478 e. The Bertz CT molecular complexity index is 721. The van der Waals surface area contributed by atoms with E-state index in [1.807, 2.05) is 6.92 Å². The second-order valence-corrected chi connectivity index (χ2v) is 5.10. The number of hydrogen-bond acceptors (Lipinski definition) is 2. The minimum Gasteiger partial charge on any atom is -0.478 e. The smallest absolute Gasteiger partial charge is 0.418 e. The summed E-state index contributed by atoms with van der Waals surface area (Å²) < 4.78 is 40.9. The van der Waals surface area contributed by atoms with Crippen LogP contribution in [-0.2, 0) is 19.0 Å². The molecule has 0 aliphatic rings. The first-order chi connectivity index (χ1) is 10.8. The monoisotopic (exact) mass is 326 g/mol. The summed E-state index contributed by atoms with van der Waals surface area (Å²) >= 11 is 0. The van der Waals surface area contributed by atoms with Crippen molar-refractivity contribution in [3.05, 3.63) is 46.8 Å². The van der Waals surface area contributed by atoms with E-state index in [-0.39, 0.29) is 16.9 Å². The summed E-state index contributed by atoms with van der Waals surface area (Å²) in [4.78, 5) is 11.5. The first-order valence-electron chi connectivity index (χ1n) is 7.31. The molecular formula is C16H17F3N2O2. The van der Waals surface area contributed by atoms with Crippen LogP contribution < -0.4 is 0 Å². The predicted octanol–water partition coefficient (Wildman–Crippen LogP) is 4.10. The van der Waals surface area contributed by atoms with Gasteiger partial charge in [-0.3, -0.25) is 0 Å². The Morgan fingerprint density at radius 2 is 1.91 bits per heavy atom. The molecule has 0 aliphatic carbocycles. The van der Waals surface area contributed by atoms with Gasteiger partial charge in [-0.2, -0.15) is 18.3 Å². The van der Waals surface area contributed by atoms with Gasteiger partial charge in [-0.25, -0.2) is 9.48 Å². The fourth-order valence-corrected chi connectivity index (χ4v) is 2.56. The molecule has 1 heterocycles. The van der Waals surface area contributed by atoms with Gasteiger partial charge in [0.15, 0.2) is 0 Å². The third-order valence-electron chi connectivity index (χ3n) is 3.53. The van der Waals surface area contributed by atoms with Gasteiger partial charge >= 0.3 is 12.1 Å². The highest BCUT2D eigenvalue weighted by molar-refractivity contribution is 5.90. The number of halogens is 3. The molecule has 0 amide bonds. The maximum Gasteiger partial charge on any atom is 0.418 e. The van der Waals surface area contributed by atoms with Crippen molar-refractivity contribution >= 4 is 5.97 Å². The Balaban J connectivity index is 2.77. The highest BCUT2D eigenvalue weighted by Gasteiger charge is 2.35. The van der Waals surface area contributed by atoms with Crippen LogP contribution in [0.2, 0.25) is 0 Å². The molecule has 1 aromatic carbocycles. The van der Waals surface area contributed by atoms with Gasteiger partial charge in [0.1, 0.15) is 5.56 Å². The van der Waals surface area contributed by atoms with Crippen molar-refractivity contribution in [3.63, 3.8) is 0 Å². The molecule has 2 aromatic rings. The molecule has 0 fully saturated rings. The van der Waals surface area contributed by atoms with Gasteiger partial charge in [0.25, 0.3) is 0 Å². The Hall–Kier alpha value is -2.31. The van der Waals surface area contributed by atoms with Crippen LogP contribution in [0, 0.1) is 0 Å². The normalized spacial score (nSPS) is 11.7. The zero-order valence-corrected chi connectivity index (χ0v) is 12.8. The molecule has 124 valence electrons. The molecule has 0 unspecified atom stereocenters. The fraction of sp³-hybridized carbons (Fsp3) is 0.375. The van der Waals surface area contributed by atoms with E-state index in [1.54, 1.807) is 6.92 Å². The van der Waals surface area contributed by atoms with E-state index < -0.39 is 17.7 Å². The number of carboxylic acids is 1. The van der Waals surface area contributed by atoms with Crippen molar-refractivity contribution in [3.8, 4) is 5.69 Å². The molecule has 0 bridgehead atoms. The minimum atomic E-state index is -4.54. The van der Waals surface area contributed by atoms with E-state index >= 15 is 0 Å². The number of aryl methyl sites for hydroxylation is 1. The van der Waals surface area contributed by atoms with Crippen molar-refractivity contribution in [2.75, 3.05) is 0 Å². The zero-order valence-electron chi connectivity index (χ0n) is 12.8. The second kappa shape index (κ2) is 6.44. The summed E-state index contributed by atoms with van der Waals surface area (Å²) in [6.45, 7) is 3.56. The highest BCUT2D eigenvalue weighted by Crippen LogP contribution is 2.34. The molecule has 0 saturated carbocycles. The van der Waals surface area contributed by atoms with Gasteiger partial charge < -0.3 is 5.11 Å². The van der Waals surface area contributed by atoms with E-state index in [2.05, 4.69) is 5.10 Å². The summed E-state index contributed by atoms with van der Waals surface area (Å²) in [6, 6.07) is 5.06. The Morgan fingerprint density at radius 3 is 2.43 bits per heavy atom. The number of aromatic nitrogens is 2. The second-order valence-electron chi connectivity index (χ2n) is 5.10. The molecular weight excluding hydrogens is 309 g/mol. The van der Waals surface area contributed by atoms with E-state index in [9.17, 15) is 23.1 Å². The maximum absolute atomic E-state index is 13.2. The van der Waals surface area contributed by atoms with Gasteiger partial charge in [-0.15, -0.1) is 0 Å². The lowest BCUT2D eigenvalue weighted by molar-refractivity contribution is -0.137. The molecule has 0 saturated heterocycles. The van der Waals surface area contributed by atoms with Gasteiger partial charge in [0.2, 0.25) is 0 Å². The number of rotatable bonds is 5. The number of carboxylic acid groups (broad SMARTS) is 1. The number of aromatic carboxylic acids is 1. The number of alkyl halides is 3. The molecule has 4 nitrogen and oxygen atoms in total. The minimum absolute atomic E-state index is 0.00586. The molecule has 0 aliphatic heterocycles. The summed E-state index contributed by atoms with van der Waals surface area (Å²) in [5.41, 5.74) is -0.386. The SMILES string of the molecule is CCCc1c(C(=O)O)c(CC)nn1-c1ccccc1C(F)(F)F. The van der Waals surface area contributed by atoms with Crippen molar-refractivity contribution in [2.45, 2.75) is 39.3 Å². The van der Waals surface area contributed by atoms with Crippen molar-refractivity contribution in [2.24, 2.45) is 0 Å². The summed E-state index contributed by atoms with van der Waals surface area (Å²) in [5.74, 6) is -1.17. The number of benzene rings is 1. The lowest BCUT2D eigenvalue weighted by Gasteiger charge is -2.14. The fourth-order valence-electron chi connectivity index (χ4n) is 2.56. The maximum atomic E-state index is 13.2. The predicted molar refractivity (Wildman–Crippen MR) is 78.9 cm³/mol. The average Bonchev–Trinajstić information content (AvgIpc) is 2.85. The van der Waals surface area contributed by atoms with Crippen molar-refractivity contribution in [1.82, 2.24) is 9.78 Å². The summed E-state index contributed by atoms with van der Waals surface area (Å²) in [7, 11) is 0. The Morgan fingerprint density at radius 1 is 1.26 bits per heavy atom. The first kappa shape index (κ1) is 17.1. The number of para-hydroxylation sites is 1. The van der Waals surface area contributed by atoms with Crippen molar-refractivity contribution < 1.29 is 23.1 Å². The molecule has 1 aromatic heterocycles. The highest BCUT2D eigenvalue weighted by atomic mass is 19.4. The standard InChI is InChI=1S/C16H17F3N2O2/c1-3-7-13-14(15(22)23)11(4-2)20-21(13)12-9-6-5-8-10(12)16(17,18)19/h5-6,8-9H,3-4,7H2,1-2H3,(H,22,23). The molecule has 0 radical (unpaired) electrons. The van der Waals surface area contributed by atoms with Gasteiger partial charge in [0, 0.05) is 0 Å². The molecule has 1 N–H and O–H groups in total. The lowest BCUT2D eigenvalue weighted by atomic mass is 10.1. The van der Waals surface area contributed by atoms with Crippen LogP contribution in [0.25, 0.3) is 5.69 Å². The van der Waals surface area contributed by atoms with Gasteiger partial charge in [-0.1, -0.05) is 32.4 Å². The van der Waals surface area contributed by atoms with Crippen LogP contribution >= 0.6 is 0 Å². The van der Waals surface area contributed by atoms with Crippen LogP contribution in [0.4, 0.5) is 13.2 Å². The van der Waals surface area contributed by atoms with Crippen LogP contribution in [0.15, 0.2) is 24.3 Å². The Kier molecular flexibility index (Phi) is 4.77.